The first-order valence-electron chi connectivity index (χ1n) is 26.7. The molecule has 4 aliphatic rings. The molecular formula is C57H64ClF4N9O7S3. The molecule has 9 rings (SSSR count). The molecule has 3 aliphatic heterocycles. The zero-order chi connectivity index (χ0) is 57.7. The lowest BCUT2D eigenvalue weighted by molar-refractivity contribution is -0.120. The summed E-state index contributed by atoms with van der Waals surface area (Å²) in [6.07, 6.45) is 4.74. The fraction of sp³-hybridized carbons (Fsp3) is 0.404. The molecule has 4 heterocycles. The molecule has 432 valence electrons. The lowest BCUT2D eigenvalue weighted by atomic mass is 9.73. The highest BCUT2D eigenvalue weighted by molar-refractivity contribution is 7.99. The lowest BCUT2D eigenvalue weighted by Crippen LogP contribution is -2.50. The highest BCUT2D eigenvalue weighted by atomic mass is 35.5. The third-order valence-corrected chi connectivity index (χ3v) is 19.4. The molecule has 1 atom stereocenters. The van der Waals surface area contributed by atoms with E-state index in [1.807, 2.05) is 47.2 Å². The van der Waals surface area contributed by atoms with Gasteiger partial charge in [0.1, 0.15) is 10.7 Å². The molecule has 3 fully saturated rings. The van der Waals surface area contributed by atoms with Crippen molar-refractivity contribution in [2.45, 2.75) is 78.7 Å². The van der Waals surface area contributed by atoms with Crippen LogP contribution in [0.4, 0.5) is 39.4 Å². The standard InChI is InChI=1S/C57H64ClF4N9O7S3/c1-56(2)21-18-48(39-8-12-42(58)13-9-39)41(34-56)36-68-28-30-70(31-29-68)45-14-10-40(11-15-45)54(73)66-81(77,78)47-16-17-50(52(33-47)80(75,76)57(60,61)62)64-43(38-79-46-6-4-3-5-7-46)19-22-67-24-26-69(27-25-67)37-44-32-49(59)51(35-63-44)71-23-20-53(72)65-55(71)74/h3-17,32-33,35,43,64H,18-31,34,36-38H2,1-2H3,(H,66,73)(H,65,72,74)/t43-/m1/s1. The molecule has 0 radical (unpaired) electrons. The van der Waals surface area contributed by atoms with E-state index in [2.05, 4.69) is 61.2 Å². The maximum absolute atomic E-state index is 15.2. The van der Waals surface area contributed by atoms with Crippen molar-refractivity contribution in [2.24, 2.45) is 5.41 Å². The molecule has 0 unspecified atom stereocenters. The predicted octanol–water partition coefficient (Wildman–Crippen LogP) is 9.30. The summed E-state index contributed by atoms with van der Waals surface area (Å²) in [6.45, 7) is 11.5. The Morgan fingerprint density at radius 1 is 0.815 bits per heavy atom. The number of alkyl halides is 3. The number of sulfone groups is 1. The fourth-order valence-corrected chi connectivity index (χ4v) is 13.8. The number of carbonyl (C=O) groups excluding carboxylic acids is 3. The number of benzene rings is 4. The van der Waals surface area contributed by atoms with Crippen molar-refractivity contribution in [3.05, 3.63) is 143 Å². The molecule has 3 N–H and O–H groups in total. The van der Waals surface area contributed by atoms with Crippen molar-refractivity contribution in [1.82, 2.24) is 29.7 Å². The number of carbonyl (C=O) groups is 3. The second kappa shape index (κ2) is 25.2. The number of allylic oxidation sites excluding steroid dienone is 1. The smallest absolute Gasteiger partial charge is 0.380 e. The highest BCUT2D eigenvalue weighted by Crippen LogP contribution is 2.43. The first-order chi connectivity index (χ1) is 38.5. The van der Waals surface area contributed by atoms with Crippen molar-refractivity contribution in [3.8, 4) is 0 Å². The van der Waals surface area contributed by atoms with E-state index in [1.165, 1.54) is 52.9 Å². The number of amides is 4. The number of thioether (sulfide) groups is 1. The molecule has 4 aromatic carbocycles. The summed E-state index contributed by atoms with van der Waals surface area (Å²) >= 11 is 7.61. The number of nitrogens with one attached hydrogen (secondary N) is 3. The molecule has 3 saturated heterocycles. The lowest BCUT2D eigenvalue weighted by Gasteiger charge is -2.39. The van der Waals surface area contributed by atoms with E-state index < -0.39 is 70.6 Å². The molecule has 0 saturated carbocycles. The number of halogens is 5. The number of aromatic nitrogens is 1. The Labute approximate surface area is 479 Å². The number of pyridine rings is 1. The van der Waals surface area contributed by atoms with Crippen LogP contribution in [0.15, 0.2) is 130 Å². The van der Waals surface area contributed by atoms with Crippen LogP contribution in [0.5, 0.6) is 0 Å². The van der Waals surface area contributed by atoms with Gasteiger partial charge in [0.05, 0.1) is 28.2 Å². The second-order valence-corrected chi connectivity index (χ2v) is 26.7. The summed E-state index contributed by atoms with van der Waals surface area (Å²) in [5.74, 6) is -1.87. The van der Waals surface area contributed by atoms with Crippen LogP contribution < -0.4 is 25.2 Å². The first-order valence-corrected chi connectivity index (χ1v) is 31.0. The number of rotatable bonds is 19. The van der Waals surface area contributed by atoms with E-state index >= 15 is 4.39 Å². The van der Waals surface area contributed by atoms with Crippen molar-refractivity contribution in [2.75, 3.05) is 92.9 Å². The van der Waals surface area contributed by atoms with E-state index in [1.54, 1.807) is 12.1 Å². The minimum absolute atomic E-state index is 0.0292. The van der Waals surface area contributed by atoms with Gasteiger partial charge < -0.3 is 15.1 Å². The Bertz CT molecular complexity index is 3360. The Morgan fingerprint density at radius 2 is 1.48 bits per heavy atom. The van der Waals surface area contributed by atoms with Gasteiger partial charge in [-0.1, -0.05) is 61.4 Å². The first kappa shape index (κ1) is 59.5. The second-order valence-electron chi connectivity index (χ2n) is 21.5. The molecule has 24 heteroatoms. The predicted molar refractivity (Wildman–Crippen MR) is 306 cm³/mol. The Kier molecular flexibility index (Phi) is 18.5. The number of hydrogen-bond acceptors (Lipinski definition) is 14. The van der Waals surface area contributed by atoms with Gasteiger partial charge in [-0.05, 0) is 115 Å². The van der Waals surface area contributed by atoms with Crippen LogP contribution in [0.1, 0.15) is 67.6 Å². The number of urea groups is 1. The Balaban J connectivity index is 0.829. The molecule has 4 amide bonds. The Hall–Kier alpha value is -6.08. The summed E-state index contributed by atoms with van der Waals surface area (Å²) in [4.78, 5) is 50.4. The monoisotopic (exact) mass is 1190 g/mol. The van der Waals surface area contributed by atoms with Crippen LogP contribution in [0.3, 0.4) is 0 Å². The van der Waals surface area contributed by atoms with E-state index in [4.69, 9.17) is 11.6 Å². The zero-order valence-electron chi connectivity index (χ0n) is 44.9. The van der Waals surface area contributed by atoms with Crippen LogP contribution in [-0.2, 0) is 31.2 Å². The van der Waals surface area contributed by atoms with Crippen LogP contribution in [0, 0.1) is 11.2 Å². The Morgan fingerprint density at radius 3 is 2.15 bits per heavy atom. The molecule has 16 nitrogen and oxygen atoms in total. The number of piperazine rings is 2. The van der Waals surface area contributed by atoms with Gasteiger partial charge in [-0.3, -0.25) is 34.6 Å². The van der Waals surface area contributed by atoms with Gasteiger partial charge in [0.25, 0.3) is 25.8 Å². The number of anilines is 3. The minimum atomic E-state index is -6.15. The average Bonchev–Trinajstić information content (AvgIpc) is 3.62. The molecule has 0 bridgehead atoms. The number of imide groups is 1. The van der Waals surface area contributed by atoms with Gasteiger partial charge in [-0.25, -0.2) is 30.7 Å². The zero-order valence-corrected chi connectivity index (χ0v) is 48.1. The van der Waals surface area contributed by atoms with Crippen molar-refractivity contribution < 1.29 is 48.8 Å². The van der Waals surface area contributed by atoms with Crippen LogP contribution in [0.25, 0.3) is 5.57 Å². The van der Waals surface area contributed by atoms with E-state index in [0.717, 1.165) is 66.5 Å². The summed E-state index contributed by atoms with van der Waals surface area (Å²) in [6, 6.07) is 25.9. The number of nitrogens with zero attached hydrogens (tertiary/aromatic N) is 6. The van der Waals surface area contributed by atoms with E-state index in [0.29, 0.717) is 75.6 Å². The van der Waals surface area contributed by atoms with Crippen LogP contribution in [0.2, 0.25) is 5.02 Å². The van der Waals surface area contributed by atoms with Gasteiger partial charge >= 0.3 is 11.5 Å². The topological polar surface area (TPSA) is 185 Å². The maximum atomic E-state index is 15.2. The van der Waals surface area contributed by atoms with Gasteiger partial charge in [0.15, 0.2) is 0 Å². The molecule has 1 aliphatic carbocycles. The largest absolute Gasteiger partial charge is 0.501 e. The summed E-state index contributed by atoms with van der Waals surface area (Å²) in [7, 11) is -11.1. The van der Waals surface area contributed by atoms with Gasteiger partial charge in [0, 0.05) is 118 Å². The summed E-state index contributed by atoms with van der Waals surface area (Å²) in [5.41, 5.74) is -0.869. The third kappa shape index (κ3) is 15.0. The molecular weight excluding hydrogens is 1130 g/mol. The normalized spacial score (nSPS) is 18.4. The van der Waals surface area contributed by atoms with Crippen molar-refractivity contribution in [1.29, 1.82) is 0 Å². The quantitative estimate of drug-likeness (QED) is 0.0525. The summed E-state index contributed by atoms with van der Waals surface area (Å²) in [5, 5.41) is 5.87. The van der Waals surface area contributed by atoms with Crippen LogP contribution in [-0.4, -0.2) is 144 Å². The average molecular weight is 1190 g/mol. The summed E-state index contributed by atoms with van der Waals surface area (Å²) < 4.78 is 115. The molecule has 81 heavy (non-hydrogen) atoms. The van der Waals surface area contributed by atoms with Gasteiger partial charge in [-0.15, -0.1) is 11.8 Å². The SMILES string of the molecule is CC1(C)CCC(c2ccc(Cl)cc2)=C(CN2CCN(c3ccc(C(=O)NS(=O)(=O)c4ccc(N[C@H](CCN5CCN(Cc6cc(F)c(N7CCC(=O)NC7=O)cn6)CC5)CSc5ccccc5)c(S(=O)(=O)C(F)(F)F)c4)cc3)CC2)C1. The molecule has 0 spiro atoms. The third-order valence-electron chi connectivity index (χ3n) is 15.2. The highest BCUT2D eigenvalue weighted by Gasteiger charge is 2.48. The molecule has 5 aromatic rings. The van der Waals surface area contributed by atoms with E-state index in [-0.39, 0.29) is 35.4 Å². The van der Waals surface area contributed by atoms with Crippen molar-refractivity contribution in [3.63, 3.8) is 0 Å². The van der Waals surface area contributed by atoms with Gasteiger partial charge in [-0.2, -0.15) is 13.2 Å². The maximum Gasteiger partial charge on any atom is 0.501 e. The number of sulfonamides is 1. The van der Waals surface area contributed by atoms with Gasteiger partial charge in [0.2, 0.25) is 5.91 Å². The fourth-order valence-electron chi connectivity index (χ4n) is 10.6. The minimum Gasteiger partial charge on any atom is -0.380 e. The van der Waals surface area contributed by atoms with Crippen molar-refractivity contribution >= 4 is 83.7 Å². The van der Waals surface area contributed by atoms with Crippen LogP contribution >= 0.6 is 23.4 Å². The van der Waals surface area contributed by atoms with E-state index in [9.17, 15) is 44.4 Å². The number of hydrogen-bond donors (Lipinski definition) is 3. The molecule has 1 aromatic heterocycles.